The first kappa shape index (κ1) is 10.2. The summed E-state index contributed by atoms with van der Waals surface area (Å²) >= 11 is 0. The monoisotopic (exact) mass is 205 g/mol. The summed E-state index contributed by atoms with van der Waals surface area (Å²) in [6.45, 7) is 1.36. The molecular weight excluding hydrogens is 190 g/mol. The molecular formula is C12H15NO2. The number of benzene rings is 1. The Bertz CT molecular complexity index is 337. The standard InChI is InChI=1S/C12H15NO2/c14-11-7-4-8-13(12(11)15)9-10-5-2-1-3-6-10/h1-3,5-6,11,14H,4,7-9H2. The SMILES string of the molecule is O=C1C(O)CCCN1Cc1ccccc1. The minimum Gasteiger partial charge on any atom is -0.383 e. The third-order valence-electron chi connectivity index (χ3n) is 2.72. The highest BCUT2D eigenvalue weighted by Gasteiger charge is 2.26. The average molecular weight is 205 g/mol. The van der Waals surface area contributed by atoms with Crippen LogP contribution in [0.25, 0.3) is 0 Å². The first-order chi connectivity index (χ1) is 7.27. The summed E-state index contributed by atoms with van der Waals surface area (Å²) in [5, 5.41) is 9.43. The Kier molecular flexibility index (Phi) is 3.02. The van der Waals surface area contributed by atoms with Crippen LogP contribution in [0.5, 0.6) is 0 Å². The van der Waals surface area contributed by atoms with Crippen LogP contribution in [-0.4, -0.2) is 28.6 Å². The summed E-state index contributed by atoms with van der Waals surface area (Å²) in [6.07, 6.45) is 0.701. The third-order valence-corrected chi connectivity index (χ3v) is 2.72. The van der Waals surface area contributed by atoms with Crippen molar-refractivity contribution >= 4 is 5.91 Å². The zero-order valence-electron chi connectivity index (χ0n) is 8.60. The molecule has 0 radical (unpaired) electrons. The Morgan fingerprint density at radius 2 is 2.07 bits per heavy atom. The first-order valence-corrected chi connectivity index (χ1v) is 5.28. The second-order valence-electron chi connectivity index (χ2n) is 3.90. The quantitative estimate of drug-likeness (QED) is 0.787. The molecule has 1 aliphatic rings. The number of amides is 1. The van der Waals surface area contributed by atoms with Crippen molar-refractivity contribution in [3.05, 3.63) is 35.9 Å². The Balaban J connectivity index is 2.03. The molecule has 1 unspecified atom stereocenters. The van der Waals surface area contributed by atoms with Crippen LogP contribution in [0.1, 0.15) is 18.4 Å². The molecule has 1 aromatic rings. The molecule has 0 bridgehead atoms. The normalized spacial score (nSPS) is 21.8. The van der Waals surface area contributed by atoms with Crippen molar-refractivity contribution in [1.82, 2.24) is 4.90 Å². The molecule has 0 spiro atoms. The van der Waals surface area contributed by atoms with Gasteiger partial charge in [0.05, 0.1) is 0 Å². The second kappa shape index (κ2) is 4.45. The van der Waals surface area contributed by atoms with Crippen molar-refractivity contribution in [1.29, 1.82) is 0 Å². The van der Waals surface area contributed by atoms with Gasteiger partial charge in [0.1, 0.15) is 6.10 Å². The smallest absolute Gasteiger partial charge is 0.251 e. The van der Waals surface area contributed by atoms with E-state index in [0.29, 0.717) is 13.0 Å². The van der Waals surface area contributed by atoms with Gasteiger partial charge < -0.3 is 10.0 Å². The van der Waals surface area contributed by atoms with E-state index < -0.39 is 6.10 Å². The minimum atomic E-state index is -0.789. The largest absolute Gasteiger partial charge is 0.383 e. The van der Waals surface area contributed by atoms with E-state index in [0.717, 1.165) is 18.5 Å². The molecule has 3 heteroatoms. The minimum absolute atomic E-state index is 0.134. The lowest BCUT2D eigenvalue weighted by molar-refractivity contribution is -0.144. The maximum absolute atomic E-state index is 11.6. The van der Waals surface area contributed by atoms with Gasteiger partial charge in [-0.3, -0.25) is 4.79 Å². The van der Waals surface area contributed by atoms with E-state index in [9.17, 15) is 9.90 Å². The summed E-state index contributed by atoms with van der Waals surface area (Å²) in [7, 11) is 0. The number of aliphatic hydroxyl groups is 1. The number of nitrogens with zero attached hydrogens (tertiary/aromatic N) is 1. The molecule has 1 aliphatic heterocycles. The molecule has 2 rings (SSSR count). The van der Waals surface area contributed by atoms with E-state index in [2.05, 4.69) is 0 Å². The molecule has 1 fully saturated rings. The molecule has 15 heavy (non-hydrogen) atoms. The van der Waals surface area contributed by atoms with Crippen molar-refractivity contribution in [3.63, 3.8) is 0 Å². The van der Waals surface area contributed by atoms with Crippen LogP contribution in [0.15, 0.2) is 30.3 Å². The molecule has 1 aromatic carbocycles. The van der Waals surface area contributed by atoms with Gasteiger partial charge in [-0.05, 0) is 18.4 Å². The summed E-state index contributed by atoms with van der Waals surface area (Å²) in [5.41, 5.74) is 1.11. The van der Waals surface area contributed by atoms with Gasteiger partial charge in [-0.1, -0.05) is 30.3 Å². The molecule has 1 amide bonds. The zero-order chi connectivity index (χ0) is 10.7. The second-order valence-corrected chi connectivity index (χ2v) is 3.90. The zero-order valence-corrected chi connectivity index (χ0v) is 8.60. The fraction of sp³-hybridized carbons (Fsp3) is 0.417. The lowest BCUT2D eigenvalue weighted by Gasteiger charge is -2.29. The Hall–Kier alpha value is -1.35. The summed E-state index contributed by atoms with van der Waals surface area (Å²) in [6, 6.07) is 9.86. The summed E-state index contributed by atoms with van der Waals surface area (Å²) < 4.78 is 0. The lowest BCUT2D eigenvalue weighted by Crippen LogP contribution is -2.43. The number of hydrogen-bond acceptors (Lipinski definition) is 2. The van der Waals surface area contributed by atoms with Crippen molar-refractivity contribution in [2.45, 2.75) is 25.5 Å². The summed E-state index contributed by atoms with van der Waals surface area (Å²) in [4.78, 5) is 13.3. The van der Waals surface area contributed by atoms with E-state index in [1.807, 2.05) is 30.3 Å². The van der Waals surface area contributed by atoms with Crippen LogP contribution in [0.2, 0.25) is 0 Å². The molecule has 0 aromatic heterocycles. The highest BCUT2D eigenvalue weighted by atomic mass is 16.3. The highest BCUT2D eigenvalue weighted by molar-refractivity contribution is 5.81. The molecule has 3 nitrogen and oxygen atoms in total. The fourth-order valence-corrected chi connectivity index (χ4v) is 1.88. The van der Waals surface area contributed by atoms with Gasteiger partial charge in [0.2, 0.25) is 0 Å². The van der Waals surface area contributed by atoms with Gasteiger partial charge in [0.25, 0.3) is 5.91 Å². The van der Waals surface area contributed by atoms with E-state index in [4.69, 9.17) is 0 Å². The average Bonchev–Trinajstić information content (AvgIpc) is 2.26. The maximum atomic E-state index is 11.6. The van der Waals surface area contributed by atoms with E-state index >= 15 is 0 Å². The molecule has 1 saturated heterocycles. The number of aliphatic hydroxyl groups excluding tert-OH is 1. The van der Waals surface area contributed by atoms with Crippen molar-refractivity contribution in [2.24, 2.45) is 0 Å². The number of likely N-dealkylation sites (tertiary alicyclic amines) is 1. The van der Waals surface area contributed by atoms with Crippen LogP contribution in [0, 0.1) is 0 Å². The van der Waals surface area contributed by atoms with E-state index in [1.54, 1.807) is 4.90 Å². The van der Waals surface area contributed by atoms with Gasteiger partial charge >= 0.3 is 0 Å². The van der Waals surface area contributed by atoms with Crippen molar-refractivity contribution in [2.75, 3.05) is 6.54 Å². The van der Waals surface area contributed by atoms with Gasteiger partial charge in [-0.15, -0.1) is 0 Å². The van der Waals surface area contributed by atoms with Crippen molar-refractivity contribution < 1.29 is 9.90 Å². The number of rotatable bonds is 2. The first-order valence-electron chi connectivity index (χ1n) is 5.28. The van der Waals surface area contributed by atoms with Crippen LogP contribution in [-0.2, 0) is 11.3 Å². The van der Waals surface area contributed by atoms with Crippen LogP contribution in [0.4, 0.5) is 0 Å². The summed E-state index contributed by atoms with van der Waals surface area (Å²) in [5.74, 6) is -0.134. The Morgan fingerprint density at radius 3 is 2.80 bits per heavy atom. The number of hydrogen-bond donors (Lipinski definition) is 1. The van der Waals surface area contributed by atoms with Crippen molar-refractivity contribution in [3.8, 4) is 0 Å². The van der Waals surface area contributed by atoms with Crippen LogP contribution < -0.4 is 0 Å². The Labute approximate surface area is 89.3 Å². The molecule has 1 heterocycles. The third kappa shape index (κ3) is 2.36. The topological polar surface area (TPSA) is 40.5 Å². The molecule has 1 N–H and O–H groups in total. The fourth-order valence-electron chi connectivity index (χ4n) is 1.88. The molecule has 0 aliphatic carbocycles. The van der Waals surface area contributed by atoms with Gasteiger partial charge in [0.15, 0.2) is 0 Å². The highest BCUT2D eigenvalue weighted by Crippen LogP contribution is 2.14. The molecule has 1 atom stereocenters. The van der Waals surface area contributed by atoms with Gasteiger partial charge in [-0.25, -0.2) is 0 Å². The number of piperidine rings is 1. The van der Waals surface area contributed by atoms with Crippen LogP contribution >= 0.6 is 0 Å². The van der Waals surface area contributed by atoms with Gasteiger partial charge in [0, 0.05) is 13.1 Å². The predicted molar refractivity (Wildman–Crippen MR) is 57.1 cm³/mol. The van der Waals surface area contributed by atoms with Gasteiger partial charge in [-0.2, -0.15) is 0 Å². The number of carbonyl (C=O) groups is 1. The Morgan fingerprint density at radius 1 is 1.33 bits per heavy atom. The predicted octanol–water partition coefficient (Wildman–Crippen LogP) is 1.17. The molecule has 80 valence electrons. The molecule has 0 saturated carbocycles. The number of carbonyl (C=O) groups excluding carboxylic acids is 1. The van der Waals surface area contributed by atoms with E-state index in [-0.39, 0.29) is 5.91 Å². The lowest BCUT2D eigenvalue weighted by atomic mass is 10.1. The van der Waals surface area contributed by atoms with Crippen LogP contribution in [0.3, 0.4) is 0 Å². The maximum Gasteiger partial charge on any atom is 0.251 e. The van der Waals surface area contributed by atoms with E-state index in [1.165, 1.54) is 0 Å².